The van der Waals surface area contributed by atoms with Crippen LogP contribution in [-0.4, -0.2) is 41.0 Å². The monoisotopic (exact) mass is 350 g/mol. The van der Waals surface area contributed by atoms with Crippen molar-refractivity contribution in [1.82, 2.24) is 20.7 Å². The van der Waals surface area contributed by atoms with Gasteiger partial charge in [0.1, 0.15) is 0 Å². The lowest BCUT2D eigenvalue weighted by molar-refractivity contribution is -0.146. The highest BCUT2D eigenvalue weighted by molar-refractivity contribution is 5.83. The molecule has 5 nitrogen and oxygen atoms in total. The number of hydrazine groups is 1. The van der Waals surface area contributed by atoms with Gasteiger partial charge in [-0.2, -0.15) is 0 Å². The van der Waals surface area contributed by atoms with Crippen molar-refractivity contribution in [3.63, 3.8) is 0 Å². The second-order valence-electron chi connectivity index (χ2n) is 7.95. The second-order valence-corrected chi connectivity index (χ2v) is 7.95. The third-order valence-corrected chi connectivity index (χ3v) is 6.80. The molecule has 0 radical (unpaired) electrons. The zero-order valence-corrected chi connectivity index (χ0v) is 15.2. The predicted octanol–water partition coefficient (Wildman–Crippen LogP) is 2.44. The van der Waals surface area contributed by atoms with Crippen molar-refractivity contribution < 1.29 is 4.79 Å². The predicted molar refractivity (Wildman–Crippen MR) is 101 cm³/mol. The fraction of sp³-hybridized carbons (Fsp3) is 0.524. The number of nitrogens with one attached hydrogen (secondary N) is 2. The molecule has 1 aliphatic carbocycles. The molecule has 136 valence electrons. The van der Waals surface area contributed by atoms with Gasteiger partial charge in [-0.25, -0.2) is 0 Å². The summed E-state index contributed by atoms with van der Waals surface area (Å²) < 4.78 is 0. The summed E-state index contributed by atoms with van der Waals surface area (Å²) in [5.41, 5.74) is 9.12. The van der Waals surface area contributed by atoms with E-state index in [4.69, 9.17) is 0 Å². The Kier molecular flexibility index (Phi) is 3.94. The van der Waals surface area contributed by atoms with E-state index in [9.17, 15) is 4.79 Å². The van der Waals surface area contributed by atoms with E-state index in [1.54, 1.807) is 0 Å². The first-order valence-electron chi connectivity index (χ1n) is 9.90. The fourth-order valence-electron chi connectivity index (χ4n) is 5.61. The highest BCUT2D eigenvalue weighted by atomic mass is 16.2. The SMILES string of the molecule is CCN1C(=O)C2CNNC2C2CCC(c3cccc4cccnc34)CC21. The number of nitrogens with zero attached hydrogens (tertiary/aromatic N) is 2. The molecule has 0 spiro atoms. The maximum atomic E-state index is 13.0. The van der Waals surface area contributed by atoms with Crippen LogP contribution < -0.4 is 10.9 Å². The standard InChI is InChI=1S/C21H26N4O/c1-2-25-18-11-14(15-7-3-5-13-6-4-10-22-19(13)15)8-9-16(18)20-17(21(25)26)12-23-24-20/h3-7,10,14,16-18,20,23-24H,2,8-9,11-12H2,1H3. The van der Waals surface area contributed by atoms with Crippen molar-refractivity contribution in [2.45, 2.75) is 44.2 Å². The number of pyridine rings is 1. The lowest BCUT2D eigenvalue weighted by Gasteiger charge is -2.50. The smallest absolute Gasteiger partial charge is 0.228 e. The van der Waals surface area contributed by atoms with Crippen LogP contribution in [-0.2, 0) is 4.79 Å². The number of amides is 1. The number of para-hydroxylation sites is 1. The number of hydrogen-bond acceptors (Lipinski definition) is 4. The first-order chi connectivity index (χ1) is 12.8. The van der Waals surface area contributed by atoms with E-state index in [1.807, 2.05) is 12.3 Å². The number of rotatable bonds is 2. The molecule has 26 heavy (non-hydrogen) atoms. The Hall–Kier alpha value is -1.98. The second kappa shape index (κ2) is 6.32. The van der Waals surface area contributed by atoms with Crippen LogP contribution in [0.3, 0.4) is 0 Å². The highest BCUT2D eigenvalue weighted by Crippen LogP contribution is 2.45. The first kappa shape index (κ1) is 16.2. The van der Waals surface area contributed by atoms with Gasteiger partial charge in [0.05, 0.1) is 11.4 Å². The van der Waals surface area contributed by atoms with Crippen molar-refractivity contribution in [3.05, 3.63) is 42.1 Å². The number of piperidine rings is 1. The molecular formula is C21H26N4O. The summed E-state index contributed by atoms with van der Waals surface area (Å²) in [6.45, 7) is 3.69. The molecule has 3 fully saturated rings. The van der Waals surface area contributed by atoms with E-state index >= 15 is 0 Å². The Bertz CT molecular complexity index is 832. The van der Waals surface area contributed by atoms with Crippen LogP contribution in [0.15, 0.2) is 36.5 Å². The minimum Gasteiger partial charge on any atom is -0.339 e. The molecule has 5 rings (SSSR count). The molecule has 1 aromatic heterocycles. The average molecular weight is 350 g/mol. The molecule has 2 aromatic rings. The Labute approximate surface area is 154 Å². The van der Waals surface area contributed by atoms with Gasteiger partial charge in [0.25, 0.3) is 0 Å². The number of benzene rings is 1. The van der Waals surface area contributed by atoms with Crippen molar-refractivity contribution in [2.75, 3.05) is 13.1 Å². The van der Waals surface area contributed by atoms with E-state index in [0.717, 1.165) is 31.4 Å². The third kappa shape index (κ3) is 2.37. The van der Waals surface area contributed by atoms with Crippen LogP contribution in [0.5, 0.6) is 0 Å². The van der Waals surface area contributed by atoms with Crippen molar-refractivity contribution >= 4 is 16.8 Å². The number of carbonyl (C=O) groups excluding carboxylic acids is 1. The summed E-state index contributed by atoms with van der Waals surface area (Å²) >= 11 is 0. The molecule has 3 aliphatic rings. The topological polar surface area (TPSA) is 57.3 Å². The van der Waals surface area contributed by atoms with E-state index in [1.165, 1.54) is 17.4 Å². The average Bonchev–Trinajstić information content (AvgIpc) is 3.18. The molecule has 5 unspecified atom stereocenters. The van der Waals surface area contributed by atoms with Gasteiger partial charge in [0.2, 0.25) is 5.91 Å². The van der Waals surface area contributed by atoms with Crippen LogP contribution in [0.4, 0.5) is 0 Å². The first-order valence-corrected chi connectivity index (χ1v) is 9.90. The largest absolute Gasteiger partial charge is 0.339 e. The van der Waals surface area contributed by atoms with Gasteiger partial charge >= 0.3 is 0 Å². The quantitative estimate of drug-likeness (QED) is 0.873. The van der Waals surface area contributed by atoms with Gasteiger partial charge in [-0.1, -0.05) is 24.3 Å². The maximum Gasteiger partial charge on any atom is 0.228 e. The lowest BCUT2D eigenvalue weighted by Crippen LogP contribution is -2.61. The molecule has 0 bridgehead atoms. The minimum atomic E-state index is 0.104. The molecule has 1 saturated carbocycles. The normalized spacial score (nSPS) is 34.0. The zero-order valence-electron chi connectivity index (χ0n) is 15.2. The molecule has 2 saturated heterocycles. The summed E-state index contributed by atoms with van der Waals surface area (Å²) in [5.74, 6) is 1.45. The summed E-state index contributed by atoms with van der Waals surface area (Å²) in [6.07, 6.45) is 5.27. The van der Waals surface area contributed by atoms with Crippen LogP contribution in [0, 0.1) is 11.8 Å². The number of aromatic nitrogens is 1. The van der Waals surface area contributed by atoms with Crippen molar-refractivity contribution in [1.29, 1.82) is 0 Å². The summed E-state index contributed by atoms with van der Waals surface area (Å²) in [5, 5.41) is 1.21. The number of likely N-dealkylation sites (tertiary alicyclic amines) is 1. The van der Waals surface area contributed by atoms with E-state index < -0.39 is 0 Å². The minimum absolute atomic E-state index is 0.104. The van der Waals surface area contributed by atoms with Crippen LogP contribution >= 0.6 is 0 Å². The number of carbonyl (C=O) groups is 1. The van der Waals surface area contributed by atoms with Gasteiger partial charge in [-0.15, -0.1) is 0 Å². The third-order valence-electron chi connectivity index (χ3n) is 6.80. The van der Waals surface area contributed by atoms with Gasteiger partial charge < -0.3 is 4.90 Å². The Morgan fingerprint density at radius 1 is 1.23 bits per heavy atom. The van der Waals surface area contributed by atoms with E-state index in [-0.39, 0.29) is 5.92 Å². The van der Waals surface area contributed by atoms with Crippen LogP contribution in [0.2, 0.25) is 0 Å². The summed E-state index contributed by atoms with van der Waals surface area (Å²) in [4.78, 5) is 19.8. The number of hydrogen-bond donors (Lipinski definition) is 2. The molecule has 5 heteroatoms. The Morgan fingerprint density at radius 3 is 3.00 bits per heavy atom. The molecule has 1 amide bonds. The van der Waals surface area contributed by atoms with Crippen molar-refractivity contribution in [2.24, 2.45) is 11.8 Å². The van der Waals surface area contributed by atoms with Gasteiger partial charge in [0.15, 0.2) is 0 Å². The Morgan fingerprint density at radius 2 is 2.12 bits per heavy atom. The zero-order chi connectivity index (χ0) is 17.7. The summed E-state index contributed by atoms with van der Waals surface area (Å²) in [7, 11) is 0. The van der Waals surface area contributed by atoms with E-state index in [0.29, 0.717) is 29.8 Å². The molecule has 5 atom stereocenters. The molecule has 1 aromatic carbocycles. The summed E-state index contributed by atoms with van der Waals surface area (Å²) in [6, 6.07) is 11.3. The molecule has 2 N–H and O–H groups in total. The fourth-order valence-corrected chi connectivity index (χ4v) is 5.61. The van der Waals surface area contributed by atoms with Crippen LogP contribution in [0.25, 0.3) is 10.9 Å². The lowest BCUT2D eigenvalue weighted by atomic mass is 9.67. The van der Waals surface area contributed by atoms with Gasteiger partial charge in [0, 0.05) is 36.8 Å². The van der Waals surface area contributed by atoms with Gasteiger partial charge in [-0.3, -0.25) is 20.6 Å². The molecule has 3 heterocycles. The molecular weight excluding hydrogens is 324 g/mol. The highest BCUT2D eigenvalue weighted by Gasteiger charge is 2.51. The van der Waals surface area contributed by atoms with Gasteiger partial charge in [-0.05, 0) is 49.7 Å². The number of fused-ring (bicyclic) bond motifs is 4. The Balaban J connectivity index is 1.49. The van der Waals surface area contributed by atoms with Crippen molar-refractivity contribution in [3.8, 4) is 0 Å². The van der Waals surface area contributed by atoms with Crippen LogP contribution in [0.1, 0.15) is 37.7 Å². The molecule has 2 aliphatic heterocycles. The van der Waals surface area contributed by atoms with E-state index in [2.05, 4.69) is 51.9 Å². The maximum absolute atomic E-state index is 13.0.